The first-order valence-corrected chi connectivity index (χ1v) is 9.34. The molecule has 1 heterocycles. The van der Waals surface area contributed by atoms with Crippen LogP contribution in [0.1, 0.15) is 27.9 Å². The maximum atomic E-state index is 12.4. The smallest absolute Gasteiger partial charge is 0.251 e. The van der Waals surface area contributed by atoms with Gasteiger partial charge in [0.25, 0.3) is 5.91 Å². The van der Waals surface area contributed by atoms with E-state index >= 15 is 0 Å². The van der Waals surface area contributed by atoms with Gasteiger partial charge in [0.15, 0.2) is 0 Å². The lowest BCUT2D eigenvalue weighted by molar-refractivity contribution is 0.0951. The Bertz CT molecular complexity index is 1020. The second kappa shape index (κ2) is 9.47. The van der Waals surface area contributed by atoms with E-state index in [0.29, 0.717) is 12.1 Å². The summed E-state index contributed by atoms with van der Waals surface area (Å²) in [6.07, 6.45) is 9.27. The zero-order chi connectivity index (χ0) is 19.8. The minimum atomic E-state index is -0.0833. The van der Waals surface area contributed by atoms with Crippen molar-refractivity contribution in [3.63, 3.8) is 0 Å². The second-order valence-corrected chi connectivity index (χ2v) is 6.59. The summed E-state index contributed by atoms with van der Waals surface area (Å²) in [4.78, 5) is 16.7. The molecular weight excluding hydrogens is 344 g/mol. The number of hydrogen-bond acceptors (Lipinski definition) is 2. The van der Waals surface area contributed by atoms with Crippen molar-refractivity contribution in [3.8, 4) is 0 Å². The molecule has 0 aliphatic rings. The van der Waals surface area contributed by atoms with Crippen LogP contribution < -0.4 is 5.32 Å². The lowest BCUT2D eigenvalue weighted by Gasteiger charge is -2.08. The Morgan fingerprint density at radius 2 is 1.82 bits per heavy atom. The van der Waals surface area contributed by atoms with Crippen LogP contribution in [0.5, 0.6) is 0 Å². The summed E-state index contributed by atoms with van der Waals surface area (Å²) in [5.41, 5.74) is 5.04. The van der Waals surface area contributed by atoms with Gasteiger partial charge in [-0.15, -0.1) is 0 Å². The highest BCUT2D eigenvalue weighted by Crippen LogP contribution is 2.14. The third-order valence-corrected chi connectivity index (χ3v) is 4.64. The Labute approximate surface area is 166 Å². The number of nitrogens with zero attached hydrogens (tertiary/aromatic N) is 1. The molecule has 0 fully saturated rings. The highest BCUT2D eigenvalue weighted by molar-refractivity contribution is 5.97. The summed E-state index contributed by atoms with van der Waals surface area (Å²) in [6.45, 7) is 8.05. The minimum absolute atomic E-state index is 0.0833. The molecule has 140 valence electrons. The van der Waals surface area contributed by atoms with Gasteiger partial charge in [0.1, 0.15) is 0 Å². The van der Waals surface area contributed by atoms with Crippen molar-refractivity contribution in [2.45, 2.75) is 19.4 Å². The number of pyridine rings is 1. The van der Waals surface area contributed by atoms with Crippen LogP contribution in [0.4, 0.5) is 0 Å². The number of aryl methyl sites for hydroxylation is 1. The van der Waals surface area contributed by atoms with Gasteiger partial charge in [0.05, 0.1) is 5.52 Å². The molecule has 0 aliphatic carbocycles. The fourth-order valence-electron chi connectivity index (χ4n) is 3.02. The lowest BCUT2D eigenvalue weighted by Crippen LogP contribution is -2.22. The molecule has 0 bridgehead atoms. The van der Waals surface area contributed by atoms with Gasteiger partial charge in [-0.25, -0.2) is 0 Å². The Morgan fingerprint density at radius 3 is 2.57 bits per heavy atom. The second-order valence-electron chi connectivity index (χ2n) is 6.59. The molecule has 0 radical (unpaired) electrons. The molecular formula is C25H24N2O. The van der Waals surface area contributed by atoms with Gasteiger partial charge in [-0.2, -0.15) is 0 Å². The van der Waals surface area contributed by atoms with E-state index in [2.05, 4.69) is 47.7 Å². The molecule has 0 unspecified atom stereocenters. The van der Waals surface area contributed by atoms with Crippen LogP contribution in [0.15, 0.2) is 97.8 Å². The van der Waals surface area contributed by atoms with Gasteiger partial charge < -0.3 is 5.32 Å². The quantitative estimate of drug-likeness (QED) is 0.541. The van der Waals surface area contributed by atoms with Crippen LogP contribution >= 0.6 is 0 Å². The molecule has 3 nitrogen and oxygen atoms in total. The number of aromatic nitrogens is 1. The molecule has 0 spiro atoms. The summed E-state index contributed by atoms with van der Waals surface area (Å²) < 4.78 is 0. The fraction of sp³-hybridized carbons (Fsp3) is 0.120. The molecule has 3 heteroatoms. The predicted octanol–water partition coefficient (Wildman–Crippen LogP) is 5.40. The Morgan fingerprint density at radius 1 is 1.04 bits per heavy atom. The molecule has 0 saturated carbocycles. The first-order chi connectivity index (χ1) is 13.7. The van der Waals surface area contributed by atoms with Crippen molar-refractivity contribution in [1.29, 1.82) is 0 Å². The SMILES string of the molecule is C=C/C=C(\C=C)CCc1ccc(CNC(=O)c2ccc3ncccc3c2)cc1. The molecule has 2 aromatic carbocycles. The highest BCUT2D eigenvalue weighted by atomic mass is 16.1. The van der Waals surface area contributed by atoms with Gasteiger partial charge in [0, 0.05) is 23.7 Å². The molecule has 3 aromatic rings. The third kappa shape index (κ3) is 5.04. The van der Waals surface area contributed by atoms with Gasteiger partial charge in [-0.1, -0.05) is 61.7 Å². The van der Waals surface area contributed by atoms with E-state index < -0.39 is 0 Å². The summed E-state index contributed by atoms with van der Waals surface area (Å²) in [6, 6.07) is 17.7. The largest absolute Gasteiger partial charge is 0.348 e. The number of benzene rings is 2. The number of allylic oxidation sites excluding steroid dienone is 4. The summed E-state index contributed by atoms with van der Waals surface area (Å²) in [5.74, 6) is -0.0833. The predicted molar refractivity (Wildman–Crippen MR) is 116 cm³/mol. The molecule has 28 heavy (non-hydrogen) atoms. The summed E-state index contributed by atoms with van der Waals surface area (Å²) in [5, 5.41) is 3.94. The average molecular weight is 368 g/mol. The maximum absolute atomic E-state index is 12.4. The Balaban J connectivity index is 1.56. The number of rotatable bonds is 8. The van der Waals surface area contributed by atoms with Crippen molar-refractivity contribution < 1.29 is 4.79 Å². The van der Waals surface area contributed by atoms with Gasteiger partial charge in [-0.05, 0) is 53.8 Å². The lowest BCUT2D eigenvalue weighted by atomic mass is 10.0. The van der Waals surface area contributed by atoms with Crippen LogP contribution in [0.25, 0.3) is 10.9 Å². The minimum Gasteiger partial charge on any atom is -0.348 e. The van der Waals surface area contributed by atoms with Crippen molar-refractivity contribution in [1.82, 2.24) is 10.3 Å². The topological polar surface area (TPSA) is 42.0 Å². The average Bonchev–Trinajstić information content (AvgIpc) is 2.75. The number of fused-ring (bicyclic) bond motifs is 1. The molecule has 1 aromatic heterocycles. The molecule has 1 N–H and O–H groups in total. The maximum Gasteiger partial charge on any atom is 0.251 e. The summed E-state index contributed by atoms with van der Waals surface area (Å²) >= 11 is 0. The Hall–Kier alpha value is -3.46. The zero-order valence-electron chi connectivity index (χ0n) is 15.9. The van der Waals surface area contributed by atoms with E-state index in [-0.39, 0.29) is 5.91 Å². The Kier molecular flexibility index (Phi) is 6.53. The van der Waals surface area contributed by atoms with Crippen molar-refractivity contribution in [2.24, 2.45) is 0 Å². The van der Waals surface area contributed by atoms with Gasteiger partial charge in [0.2, 0.25) is 0 Å². The highest BCUT2D eigenvalue weighted by Gasteiger charge is 2.06. The molecule has 0 atom stereocenters. The van der Waals surface area contributed by atoms with Crippen LogP contribution in [0.3, 0.4) is 0 Å². The van der Waals surface area contributed by atoms with Crippen molar-refractivity contribution in [2.75, 3.05) is 0 Å². The number of carbonyl (C=O) groups is 1. The van der Waals surface area contributed by atoms with Crippen molar-refractivity contribution >= 4 is 16.8 Å². The van der Waals surface area contributed by atoms with E-state index in [1.54, 1.807) is 12.3 Å². The number of hydrogen-bond donors (Lipinski definition) is 1. The first kappa shape index (κ1) is 19.3. The fourth-order valence-corrected chi connectivity index (χ4v) is 3.02. The van der Waals surface area contributed by atoms with E-state index in [1.165, 1.54) is 11.1 Å². The third-order valence-electron chi connectivity index (χ3n) is 4.64. The molecule has 1 amide bonds. The summed E-state index contributed by atoms with van der Waals surface area (Å²) in [7, 11) is 0. The van der Waals surface area contributed by atoms with Crippen LogP contribution in [-0.2, 0) is 13.0 Å². The molecule has 3 rings (SSSR count). The monoisotopic (exact) mass is 368 g/mol. The van der Waals surface area contributed by atoms with E-state index in [4.69, 9.17) is 0 Å². The standard InChI is InChI=1S/C25H24N2O/c1-3-6-19(4-2)8-9-20-10-12-21(13-11-20)18-27-25(28)23-14-15-24-22(17-23)7-5-16-26-24/h3-7,10-17H,1-2,8-9,18H2,(H,27,28)/b19-6+. The van der Waals surface area contributed by atoms with E-state index in [9.17, 15) is 4.79 Å². The number of amides is 1. The normalized spacial score (nSPS) is 11.2. The number of nitrogens with one attached hydrogen (secondary N) is 1. The van der Waals surface area contributed by atoms with Crippen LogP contribution in [0.2, 0.25) is 0 Å². The zero-order valence-corrected chi connectivity index (χ0v) is 15.9. The van der Waals surface area contributed by atoms with E-state index in [0.717, 1.165) is 29.3 Å². The van der Waals surface area contributed by atoms with Crippen molar-refractivity contribution in [3.05, 3.63) is 114 Å². The van der Waals surface area contributed by atoms with E-state index in [1.807, 2.05) is 42.5 Å². The van der Waals surface area contributed by atoms with Crippen LogP contribution in [-0.4, -0.2) is 10.9 Å². The molecule has 0 saturated heterocycles. The number of carbonyl (C=O) groups excluding carboxylic acids is 1. The molecule has 0 aliphatic heterocycles. The van der Waals surface area contributed by atoms with Crippen LogP contribution in [0, 0.1) is 0 Å². The first-order valence-electron chi connectivity index (χ1n) is 9.34. The van der Waals surface area contributed by atoms with Gasteiger partial charge >= 0.3 is 0 Å². The van der Waals surface area contributed by atoms with Gasteiger partial charge in [-0.3, -0.25) is 9.78 Å².